The van der Waals surface area contributed by atoms with Crippen molar-refractivity contribution in [1.29, 1.82) is 0 Å². The molecular formula is C20H12ClFN4O2. The monoisotopic (exact) mass is 394 g/mol. The number of rotatable bonds is 5. The van der Waals surface area contributed by atoms with Crippen LogP contribution in [-0.4, -0.2) is 25.7 Å². The topological polar surface area (TPSA) is 81.8 Å². The first-order valence-corrected chi connectivity index (χ1v) is 8.62. The maximum atomic E-state index is 13.7. The van der Waals surface area contributed by atoms with Gasteiger partial charge in [0.15, 0.2) is 23.8 Å². The summed E-state index contributed by atoms with van der Waals surface area (Å²) in [6.07, 6.45) is 8.26. The minimum atomic E-state index is -0.659. The molecule has 0 saturated carbocycles. The van der Waals surface area contributed by atoms with Gasteiger partial charge in [0.05, 0.1) is 47.0 Å². The Balaban J connectivity index is 1.58. The third kappa shape index (κ3) is 3.65. The van der Waals surface area contributed by atoms with Crippen LogP contribution in [0.25, 0.3) is 22.6 Å². The van der Waals surface area contributed by atoms with E-state index in [4.69, 9.17) is 16.0 Å². The minimum Gasteiger partial charge on any atom is -0.444 e. The van der Waals surface area contributed by atoms with E-state index in [1.54, 1.807) is 12.3 Å². The highest BCUT2D eigenvalue weighted by Gasteiger charge is 2.14. The van der Waals surface area contributed by atoms with E-state index in [0.29, 0.717) is 27.7 Å². The van der Waals surface area contributed by atoms with E-state index in [2.05, 4.69) is 19.9 Å². The summed E-state index contributed by atoms with van der Waals surface area (Å²) in [5, 5.41) is 0.500. The SMILES string of the molecule is O=C(Cc1cnc(-c2cc(-c3cnco3)ccc2Cl)cn1)c1ccncc1F. The van der Waals surface area contributed by atoms with E-state index in [0.717, 1.165) is 11.8 Å². The van der Waals surface area contributed by atoms with E-state index in [1.807, 2.05) is 12.1 Å². The largest absolute Gasteiger partial charge is 0.444 e. The lowest BCUT2D eigenvalue weighted by Gasteiger charge is -2.07. The van der Waals surface area contributed by atoms with E-state index in [-0.39, 0.29) is 12.0 Å². The molecule has 0 aliphatic rings. The zero-order valence-electron chi connectivity index (χ0n) is 14.3. The maximum absolute atomic E-state index is 13.7. The quantitative estimate of drug-likeness (QED) is 0.466. The molecule has 28 heavy (non-hydrogen) atoms. The van der Waals surface area contributed by atoms with Crippen LogP contribution in [-0.2, 0) is 6.42 Å². The molecule has 0 radical (unpaired) electrons. The van der Waals surface area contributed by atoms with E-state index in [1.165, 1.54) is 31.1 Å². The fraction of sp³-hybridized carbons (Fsp3) is 0.0500. The highest BCUT2D eigenvalue weighted by molar-refractivity contribution is 6.33. The van der Waals surface area contributed by atoms with E-state index >= 15 is 0 Å². The Labute approximate surface area is 164 Å². The third-order valence-corrected chi connectivity index (χ3v) is 4.41. The van der Waals surface area contributed by atoms with Crippen LogP contribution in [0, 0.1) is 5.82 Å². The maximum Gasteiger partial charge on any atom is 0.181 e. The van der Waals surface area contributed by atoms with E-state index < -0.39 is 11.6 Å². The van der Waals surface area contributed by atoms with Crippen LogP contribution >= 0.6 is 11.6 Å². The Morgan fingerprint density at radius 2 is 1.96 bits per heavy atom. The van der Waals surface area contributed by atoms with Crippen molar-refractivity contribution in [1.82, 2.24) is 19.9 Å². The molecule has 3 aromatic heterocycles. The second kappa shape index (κ2) is 7.66. The van der Waals surface area contributed by atoms with Crippen molar-refractivity contribution in [2.45, 2.75) is 6.42 Å². The number of hydrogen-bond donors (Lipinski definition) is 0. The molecule has 0 fully saturated rings. The molecule has 0 aliphatic heterocycles. The summed E-state index contributed by atoms with van der Waals surface area (Å²) in [6.45, 7) is 0. The average Bonchev–Trinajstić information content (AvgIpc) is 3.24. The van der Waals surface area contributed by atoms with Crippen molar-refractivity contribution >= 4 is 17.4 Å². The van der Waals surface area contributed by atoms with Crippen LogP contribution in [0.15, 0.2) is 66.1 Å². The fourth-order valence-electron chi connectivity index (χ4n) is 2.68. The average molecular weight is 395 g/mol. The summed E-state index contributed by atoms with van der Waals surface area (Å²) in [5.74, 6) is -0.451. The lowest BCUT2D eigenvalue weighted by Crippen LogP contribution is -2.08. The Kier molecular flexibility index (Phi) is 4.90. The number of nitrogens with zero attached hydrogens (tertiary/aromatic N) is 4. The predicted octanol–water partition coefficient (Wildman–Crippen LogP) is 4.41. The van der Waals surface area contributed by atoms with Gasteiger partial charge in [0, 0.05) is 23.5 Å². The van der Waals surface area contributed by atoms with Crippen LogP contribution in [0.2, 0.25) is 5.02 Å². The molecular weight excluding hydrogens is 383 g/mol. The second-order valence-electron chi connectivity index (χ2n) is 5.91. The van der Waals surface area contributed by atoms with Gasteiger partial charge < -0.3 is 4.42 Å². The van der Waals surface area contributed by atoms with Crippen LogP contribution < -0.4 is 0 Å². The minimum absolute atomic E-state index is 0.0244. The third-order valence-electron chi connectivity index (χ3n) is 4.08. The summed E-state index contributed by atoms with van der Waals surface area (Å²) in [5.41, 5.74) is 2.40. The van der Waals surface area contributed by atoms with Gasteiger partial charge in [-0.1, -0.05) is 11.6 Å². The number of ketones is 1. The number of aromatic nitrogens is 4. The van der Waals surface area contributed by atoms with Gasteiger partial charge in [0.25, 0.3) is 0 Å². The van der Waals surface area contributed by atoms with Crippen molar-refractivity contribution in [3.8, 4) is 22.6 Å². The Hall–Kier alpha value is -3.45. The Morgan fingerprint density at radius 1 is 1.07 bits per heavy atom. The molecule has 138 valence electrons. The molecule has 0 aliphatic carbocycles. The molecule has 3 heterocycles. The van der Waals surface area contributed by atoms with Gasteiger partial charge in [-0.15, -0.1) is 0 Å². The van der Waals surface area contributed by atoms with Gasteiger partial charge >= 0.3 is 0 Å². The molecule has 4 rings (SSSR count). The summed E-state index contributed by atoms with van der Waals surface area (Å²) in [7, 11) is 0. The molecule has 0 atom stereocenters. The summed E-state index contributed by atoms with van der Waals surface area (Å²) >= 11 is 6.30. The summed E-state index contributed by atoms with van der Waals surface area (Å²) in [4.78, 5) is 28.4. The highest BCUT2D eigenvalue weighted by Crippen LogP contribution is 2.31. The number of oxazole rings is 1. The highest BCUT2D eigenvalue weighted by atomic mass is 35.5. The standard InChI is InChI=1S/C20H12ClFN4O2/c21-16-2-1-12(20-10-24-11-28-20)5-15(16)18-9-25-13(7-26-18)6-19(27)14-3-4-23-8-17(14)22/h1-5,7-11H,6H2. The lowest BCUT2D eigenvalue weighted by atomic mass is 10.1. The molecule has 8 heteroatoms. The second-order valence-corrected chi connectivity index (χ2v) is 6.32. The van der Waals surface area contributed by atoms with Gasteiger partial charge in [0.1, 0.15) is 0 Å². The molecule has 0 amide bonds. The lowest BCUT2D eigenvalue weighted by molar-refractivity contribution is 0.0988. The van der Waals surface area contributed by atoms with E-state index in [9.17, 15) is 9.18 Å². The van der Waals surface area contributed by atoms with Crippen molar-refractivity contribution in [3.05, 3.63) is 83.7 Å². The van der Waals surface area contributed by atoms with Crippen molar-refractivity contribution in [3.63, 3.8) is 0 Å². The normalized spacial score (nSPS) is 10.8. The number of benzene rings is 1. The molecule has 1 aromatic carbocycles. The number of carbonyl (C=O) groups excluding carboxylic acids is 1. The van der Waals surface area contributed by atoms with Gasteiger partial charge in [-0.05, 0) is 24.3 Å². The number of Topliss-reactive ketones (excluding diaryl/α,β-unsaturated/α-hetero) is 1. The van der Waals surface area contributed by atoms with Crippen LogP contribution in [0.3, 0.4) is 0 Å². The van der Waals surface area contributed by atoms with Crippen LogP contribution in [0.4, 0.5) is 4.39 Å². The number of carbonyl (C=O) groups is 1. The zero-order chi connectivity index (χ0) is 19.5. The van der Waals surface area contributed by atoms with Gasteiger partial charge in [-0.25, -0.2) is 9.37 Å². The zero-order valence-corrected chi connectivity index (χ0v) is 15.1. The Bertz CT molecular complexity index is 1130. The molecule has 0 spiro atoms. The molecule has 0 unspecified atom stereocenters. The number of pyridine rings is 1. The molecule has 0 saturated heterocycles. The van der Waals surface area contributed by atoms with Crippen LogP contribution in [0.1, 0.15) is 16.1 Å². The van der Waals surface area contributed by atoms with Gasteiger partial charge in [-0.2, -0.15) is 0 Å². The Morgan fingerprint density at radius 3 is 2.68 bits per heavy atom. The smallest absolute Gasteiger partial charge is 0.181 e. The summed E-state index contributed by atoms with van der Waals surface area (Å²) < 4.78 is 19.0. The first-order valence-electron chi connectivity index (χ1n) is 8.24. The van der Waals surface area contributed by atoms with Crippen LogP contribution in [0.5, 0.6) is 0 Å². The first-order chi connectivity index (χ1) is 13.6. The predicted molar refractivity (Wildman–Crippen MR) is 100 cm³/mol. The summed E-state index contributed by atoms with van der Waals surface area (Å²) in [6, 6.07) is 6.72. The van der Waals surface area contributed by atoms with Gasteiger partial charge in [0.2, 0.25) is 0 Å². The number of hydrogen-bond acceptors (Lipinski definition) is 6. The number of halogens is 2. The van der Waals surface area contributed by atoms with Crippen molar-refractivity contribution in [2.24, 2.45) is 0 Å². The van der Waals surface area contributed by atoms with Crippen molar-refractivity contribution < 1.29 is 13.6 Å². The molecule has 4 aromatic rings. The molecule has 0 bridgehead atoms. The van der Waals surface area contributed by atoms with Gasteiger partial charge in [-0.3, -0.25) is 19.7 Å². The first kappa shape index (κ1) is 17.9. The van der Waals surface area contributed by atoms with Crippen molar-refractivity contribution in [2.75, 3.05) is 0 Å². The fourth-order valence-corrected chi connectivity index (χ4v) is 2.89. The molecule has 6 nitrogen and oxygen atoms in total. The molecule has 0 N–H and O–H groups in total.